The van der Waals surface area contributed by atoms with Crippen LogP contribution in [-0.4, -0.2) is 33.9 Å². The lowest BCUT2D eigenvalue weighted by atomic mass is 9.78. The molecule has 3 rings (SSSR count). The lowest BCUT2D eigenvalue weighted by molar-refractivity contribution is 0.0492. The normalized spacial score (nSPS) is 22.2. The number of hydrogen-bond donors (Lipinski definition) is 1. The molecule has 0 radical (unpaired) electrons. The lowest BCUT2D eigenvalue weighted by Crippen LogP contribution is -2.32. The summed E-state index contributed by atoms with van der Waals surface area (Å²) in [6.07, 6.45) is 2.97. The fraction of sp³-hybridized carbons (Fsp3) is 0.700. The monoisotopic (exact) mass is 222 g/mol. The van der Waals surface area contributed by atoms with E-state index >= 15 is 0 Å². The van der Waals surface area contributed by atoms with Crippen molar-refractivity contribution in [1.82, 2.24) is 14.8 Å². The first kappa shape index (κ1) is 9.77. The number of nitrogens with zero attached hydrogens (tertiary/aromatic N) is 3. The summed E-state index contributed by atoms with van der Waals surface area (Å²) >= 11 is 0. The van der Waals surface area contributed by atoms with E-state index in [2.05, 4.69) is 10.1 Å². The van der Waals surface area contributed by atoms with Gasteiger partial charge in [-0.05, 0) is 19.3 Å². The second-order valence-electron chi connectivity index (χ2n) is 4.49. The van der Waals surface area contributed by atoms with Crippen molar-refractivity contribution >= 4 is 5.91 Å². The topological polar surface area (TPSA) is 83.0 Å². The highest BCUT2D eigenvalue weighted by Crippen LogP contribution is 2.41. The predicted octanol–water partition coefficient (Wildman–Crippen LogP) is -0.171. The third-order valence-electron chi connectivity index (χ3n) is 3.62. The van der Waals surface area contributed by atoms with E-state index in [9.17, 15) is 4.79 Å². The van der Waals surface area contributed by atoms with E-state index in [0.29, 0.717) is 0 Å². The van der Waals surface area contributed by atoms with E-state index in [1.54, 1.807) is 0 Å². The van der Waals surface area contributed by atoms with Gasteiger partial charge in [-0.15, -0.1) is 5.10 Å². The van der Waals surface area contributed by atoms with Crippen molar-refractivity contribution in [3.8, 4) is 0 Å². The van der Waals surface area contributed by atoms with Gasteiger partial charge in [-0.2, -0.15) is 0 Å². The van der Waals surface area contributed by atoms with Crippen LogP contribution in [0.4, 0.5) is 0 Å². The number of ether oxygens (including phenoxy) is 1. The third-order valence-corrected chi connectivity index (χ3v) is 3.62. The fourth-order valence-electron chi connectivity index (χ4n) is 2.66. The van der Waals surface area contributed by atoms with Crippen molar-refractivity contribution in [3.05, 3.63) is 11.6 Å². The average molecular weight is 222 g/mol. The Kier molecular flexibility index (Phi) is 2.00. The van der Waals surface area contributed by atoms with E-state index in [1.807, 2.05) is 4.68 Å². The number of primary amides is 1. The van der Waals surface area contributed by atoms with Crippen LogP contribution in [0.5, 0.6) is 0 Å². The zero-order chi connectivity index (χ0) is 11.2. The molecule has 86 valence electrons. The van der Waals surface area contributed by atoms with E-state index in [-0.39, 0.29) is 11.2 Å². The van der Waals surface area contributed by atoms with Gasteiger partial charge in [0, 0.05) is 25.2 Å². The smallest absolute Gasteiger partial charge is 0.288 e. The Hall–Kier alpha value is -1.43. The predicted molar refractivity (Wildman–Crippen MR) is 54.9 cm³/mol. The summed E-state index contributed by atoms with van der Waals surface area (Å²) in [7, 11) is 0. The minimum absolute atomic E-state index is 0.0684. The molecule has 0 saturated carbocycles. The molecule has 2 N–H and O–H groups in total. The minimum Gasteiger partial charge on any atom is -0.381 e. The van der Waals surface area contributed by atoms with Crippen molar-refractivity contribution in [2.24, 2.45) is 5.73 Å². The molecule has 2 aliphatic rings. The van der Waals surface area contributed by atoms with E-state index in [1.165, 1.54) is 0 Å². The van der Waals surface area contributed by atoms with Crippen LogP contribution in [0.3, 0.4) is 0 Å². The van der Waals surface area contributed by atoms with Crippen molar-refractivity contribution in [2.45, 2.75) is 31.2 Å². The zero-order valence-corrected chi connectivity index (χ0v) is 8.98. The second-order valence-corrected chi connectivity index (χ2v) is 4.49. The number of fused-ring (bicyclic) bond motifs is 2. The molecule has 16 heavy (non-hydrogen) atoms. The van der Waals surface area contributed by atoms with Gasteiger partial charge < -0.3 is 10.5 Å². The van der Waals surface area contributed by atoms with Crippen LogP contribution in [0, 0.1) is 0 Å². The van der Waals surface area contributed by atoms with Crippen molar-refractivity contribution < 1.29 is 9.53 Å². The number of carbonyl (C=O) groups is 1. The first-order valence-corrected chi connectivity index (χ1v) is 5.54. The maximum absolute atomic E-state index is 11.0. The summed E-state index contributed by atoms with van der Waals surface area (Å²) in [5.41, 5.74) is 5.26. The van der Waals surface area contributed by atoms with Crippen LogP contribution in [-0.2, 0) is 16.7 Å². The molecule has 1 saturated heterocycles. The summed E-state index contributed by atoms with van der Waals surface area (Å²) in [6.45, 7) is 2.35. The number of amides is 1. The van der Waals surface area contributed by atoms with Gasteiger partial charge in [0.2, 0.25) is 5.82 Å². The molecule has 2 aliphatic heterocycles. The number of aryl methyl sites for hydroxylation is 1. The highest BCUT2D eigenvalue weighted by molar-refractivity contribution is 5.88. The molecule has 1 aromatic rings. The van der Waals surface area contributed by atoms with Gasteiger partial charge in [0.05, 0.1) is 0 Å². The summed E-state index contributed by atoms with van der Waals surface area (Å²) < 4.78 is 7.20. The molecule has 0 atom stereocenters. The fourth-order valence-corrected chi connectivity index (χ4v) is 2.66. The highest BCUT2D eigenvalue weighted by Gasteiger charge is 2.43. The molecule has 0 aliphatic carbocycles. The summed E-state index contributed by atoms with van der Waals surface area (Å²) in [5, 5.41) is 4.13. The number of nitrogens with two attached hydrogens (primary N) is 1. The second kappa shape index (κ2) is 3.28. The Labute approximate surface area is 92.8 Å². The lowest BCUT2D eigenvalue weighted by Gasteiger charge is -2.31. The minimum atomic E-state index is -0.552. The molecular formula is C10H14N4O2. The zero-order valence-electron chi connectivity index (χ0n) is 8.98. The first-order chi connectivity index (χ1) is 7.71. The van der Waals surface area contributed by atoms with Crippen LogP contribution >= 0.6 is 0 Å². The largest absolute Gasteiger partial charge is 0.381 e. The molecule has 6 heteroatoms. The maximum Gasteiger partial charge on any atom is 0.288 e. The van der Waals surface area contributed by atoms with Gasteiger partial charge in [0.1, 0.15) is 5.82 Å². The first-order valence-electron chi connectivity index (χ1n) is 5.54. The number of rotatable bonds is 1. The molecule has 1 aromatic heterocycles. The van der Waals surface area contributed by atoms with Crippen LogP contribution in [0.2, 0.25) is 0 Å². The van der Waals surface area contributed by atoms with Gasteiger partial charge in [-0.25, -0.2) is 9.67 Å². The standard InChI is InChI=1S/C10H14N4O2/c11-7(15)8-12-9-10(1-4-14(9)13-8)2-5-16-6-3-10/h1-6H2,(H2,11,15). The Morgan fingerprint density at radius 2 is 2.12 bits per heavy atom. The Balaban J connectivity index is 2.00. The molecule has 0 aromatic carbocycles. The van der Waals surface area contributed by atoms with Crippen LogP contribution in [0.15, 0.2) is 0 Å². The van der Waals surface area contributed by atoms with Gasteiger partial charge in [-0.3, -0.25) is 4.79 Å². The molecule has 1 spiro atoms. The van der Waals surface area contributed by atoms with Crippen molar-refractivity contribution in [1.29, 1.82) is 0 Å². The van der Waals surface area contributed by atoms with Crippen molar-refractivity contribution in [3.63, 3.8) is 0 Å². The summed E-state index contributed by atoms with van der Waals surface area (Å²) in [4.78, 5) is 15.3. The van der Waals surface area contributed by atoms with Crippen LogP contribution < -0.4 is 5.73 Å². The molecule has 0 unspecified atom stereocenters. The number of aromatic nitrogens is 3. The van der Waals surface area contributed by atoms with Crippen molar-refractivity contribution in [2.75, 3.05) is 13.2 Å². The van der Waals surface area contributed by atoms with E-state index in [4.69, 9.17) is 10.5 Å². The maximum atomic E-state index is 11.0. The quantitative estimate of drug-likeness (QED) is 0.715. The molecular weight excluding hydrogens is 208 g/mol. The Bertz CT molecular complexity index is 434. The highest BCUT2D eigenvalue weighted by atomic mass is 16.5. The third kappa shape index (κ3) is 1.26. The molecule has 0 bridgehead atoms. The summed E-state index contributed by atoms with van der Waals surface area (Å²) in [5.74, 6) is 0.509. The molecule has 3 heterocycles. The van der Waals surface area contributed by atoms with Crippen LogP contribution in [0.25, 0.3) is 0 Å². The average Bonchev–Trinajstić information content (AvgIpc) is 2.82. The Morgan fingerprint density at radius 1 is 1.38 bits per heavy atom. The molecule has 1 amide bonds. The van der Waals surface area contributed by atoms with E-state index in [0.717, 1.165) is 44.8 Å². The Morgan fingerprint density at radius 3 is 2.81 bits per heavy atom. The molecule has 1 fully saturated rings. The van der Waals surface area contributed by atoms with Gasteiger partial charge in [-0.1, -0.05) is 0 Å². The molecule has 6 nitrogen and oxygen atoms in total. The van der Waals surface area contributed by atoms with Gasteiger partial charge in [0.25, 0.3) is 5.91 Å². The van der Waals surface area contributed by atoms with Crippen LogP contribution in [0.1, 0.15) is 35.7 Å². The SMILES string of the molecule is NC(=O)c1nc2n(n1)CCC21CCOCC1. The van der Waals surface area contributed by atoms with E-state index < -0.39 is 5.91 Å². The summed E-state index contributed by atoms with van der Waals surface area (Å²) in [6, 6.07) is 0. The number of hydrogen-bond acceptors (Lipinski definition) is 4. The van der Waals surface area contributed by atoms with Gasteiger partial charge in [0.15, 0.2) is 0 Å². The van der Waals surface area contributed by atoms with Gasteiger partial charge >= 0.3 is 0 Å². The number of carbonyl (C=O) groups excluding carboxylic acids is 1.